The number of nitrogens with one attached hydrogen (secondary N) is 1. The first-order valence-electron chi connectivity index (χ1n) is 6.78. The summed E-state index contributed by atoms with van der Waals surface area (Å²) in [5, 5.41) is 10.6. The van der Waals surface area contributed by atoms with Crippen molar-refractivity contribution in [3.8, 4) is 5.88 Å². The van der Waals surface area contributed by atoms with Gasteiger partial charge in [-0.25, -0.2) is 4.79 Å². The standard InChI is InChI=1S/C13H20N2O3S/c1-3-8-11(16)14-13(18)15(12(8)17)9-6-5-7-10(9)19-4-2/h9-10,17H,3-7H2,1-2H3,(H,14,16,18). The van der Waals surface area contributed by atoms with Crippen LogP contribution >= 0.6 is 11.8 Å². The average Bonchev–Trinajstić information content (AvgIpc) is 2.78. The molecule has 0 aliphatic heterocycles. The van der Waals surface area contributed by atoms with E-state index < -0.39 is 11.2 Å². The van der Waals surface area contributed by atoms with Gasteiger partial charge in [0.2, 0.25) is 5.88 Å². The second kappa shape index (κ2) is 5.86. The van der Waals surface area contributed by atoms with Crippen molar-refractivity contribution >= 4 is 11.8 Å². The number of nitrogens with zero attached hydrogens (tertiary/aromatic N) is 1. The lowest BCUT2D eigenvalue weighted by Crippen LogP contribution is -2.36. The molecule has 0 amide bonds. The Kier molecular flexibility index (Phi) is 4.39. The van der Waals surface area contributed by atoms with Crippen LogP contribution in [0.3, 0.4) is 0 Å². The zero-order valence-electron chi connectivity index (χ0n) is 11.3. The zero-order chi connectivity index (χ0) is 14.0. The van der Waals surface area contributed by atoms with E-state index in [4.69, 9.17) is 0 Å². The number of thioether (sulfide) groups is 1. The van der Waals surface area contributed by atoms with Gasteiger partial charge in [0.15, 0.2) is 0 Å². The molecule has 0 aromatic carbocycles. The van der Waals surface area contributed by atoms with E-state index in [0.717, 1.165) is 25.0 Å². The number of hydrogen-bond acceptors (Lipinski definition) is 4. The van der Waals surface area contributed by atoms with E-state index >= 15 is 0 Å². The molecule has 1 aliphatic rings. The topological polar surface area (TPSA) is 75.1 Å². The van der Waals surface area contributed by atoms with Gasteiger partial charge in [0.05, 0.1) is 11.6 Å². The van der Waals surface area contributed by atoms with Crippen LogP contribution in [0.4, 0.5) is 0 Å². The molecule has 0 bridgehead atoms. The van der Waals surface area contributed by atoms with Gasteiger partial charge >= 0.3 is 5.69 Å². The van der Waals surface area contributed by atoms with Crippen molar-refractivity contribution in [1.29, 1.82) is 0 Å². The highest BCUT2D eigenvalue weighted by molar-refractivity contribution is 7.99. The molecule has 1 aliphatic carbocycles. The third-order valence-corrected chi connectivity index (χ3v) is 5.01. The predicted molar refractivity (Wildman–Crippen MR) is 77.2 cm³/mol. The summed E-state index contributed by atoms with van der Waals surface area (Å²) in [6.45, 7) is 3.89. The summed E-state index contributed by atoms with van der Waals surface area (Å²) in [6.07, 6.45) is 3.39. The second-order valence-electron chi connectivity index (χ2n) is 4.78. The molecule has 19 heavy (non-hydrogen) atoms. The minimum atomic E-state index is -0.492. The number of aromatic amines is 1. The van der Waals surface area contributed by atoms with Crippen LogP contribution in [-0.4, -0.2) is 25.7 Å². The summed E-state index contributed by atoms with van der Waals surface area (Å²) in [4.78, 5) is 26.0. The Labute approximate surface area is 116 Å². The van der Waals surface area contributed by atoms with Gasteiger partial charge in [0, 0.05) is 5.25 Å². The Morgan fingerprint density at radius 1 is 1.37 bits per heavy atom. The van der Waals surface area contributed by atoms with Crippen LogP contribution in [0.15, 0.2) is 9.59 Å². The lowest BCUT2D eigenvalue weighted by atomic mass is 10.2. The molecule has 0 spiro atoms. The first-order valence-corrected chi connectivity index (χ1v) is 7.83. The smallest absolute Gasteiger partial charge is 0.331 e. The molecule has 5 nitrogen and oxygen atoms in total. The normalized spacial score (nSPS) is 22.8. The minimum absolute atomic E-state index is 0.0143. The molecule has 0 saturated heterocycles. The Morgan fingerprint density at radius 3 is 2.74 bits per heavy atom. The second-order valence-corrected chi connectivity index (χ2v) is 6.29. The average molecular weight is 284 g/mol. The summed E-state index contributed by atoms with van der Waals surface area (Å²) in [6, 6.07) is -0.0143. The molecule has 1 aromatic heterocycles. The molecule has 0 radical (unpaired) electrons. The lowest BCUT2D eigenvalue weighted by molar-refractivity contribution is 0.360. The zero-order valence-corrected chi connectivity index (χ0v) is 12.1. The van der Waals surface area contributed by atoms with Crippen molar-refractivity contribution in [2.45, 2.75) is 50.8 Å². The van der Waals surface area contributed by atoms with Crippen LogP contribution in [0.2, 0.25) is 0 Å². The maximum absolute atomic E-state index is 12.0. The molecule has 2 rings (SSSR count). The number of H-pyrrole nitrogens is 1. The van der Waals surface area contributed by atoms with E-state index in [1.807, 2.05) is 11.8 Å². The van der Waals surface area contributed by atoms with Gasteiger partial charge in [-0.15, -0.1) is 0 Å². The molecule has 2 atom stereocenters. The van der Waals surface area contributed by atoms with E-state index in [9.17, 15) is 14.7 Å². The van der Waals surface area contributed by atoms with Crippen molar-refractivity contribution < 1.29 is 5.11 Å². The first kappa shape index (κ1) is 14.2. The maximum Gasteiger partial charge on any atom is 0.331 e. The van der Waals surface area contributed by atoms with E-state index in [0.29, 0.717) is 17.2 Å². The van der Waals surface area contributed by atoms with Crippen LogP contribution in [0.25, 0.3) is 0 Å². The van der Waals surface area contributed by atoms with Crippen molar-refractivity contribution in [3.05, 3.63) is 26.4 Å². The molecule has 1 saturated carbocycles. The number of aromatic nitrogens is 2. The van der Waals surface area contributed by atoms with E-state index in [2.05, 4.69) is 11.9 Å². The largest absolute Gasteiger partial charge is 0.494 e. The number of rotatable bonds is 4. The monoisotopic (exact) mass is 284 g/mol. The summed E-state index contributed by atoms with van der Waals surface area (Å²) in [5.74, 6) is 0.838. The van der Waals surface area contributed by atoms with E-state index in [-0.39, 0.29) is 11.9 Å². The van der Waals surface area contributed by atoms with Gasteiger partial charge in [0.1, 0.15) is 0 Å². The molecule has 1 fully saturated rings. The third kappa shape index (κ3) is 2.59. The van der Waals surface area contributed by atoms with Gasteiger partial charge in [-0.3, -0.25) is 14.3 Å². The minimum Gasteiger partial charge on any atom is -0.494 e. The summed E-state index contributed by atoms with van der Waals surface area (Å²) in [7, 11) is 0. The summed E-state index contributed by atoms with van der Waals surface area (Å²) >= 11 is 1.81. The van der Waals surface area contributed by atoms with Gasteiger partial charge in [-0.1, -0.05) is 20.3 Å². The number of hydrogen-bond donors (Lipinski definition) is 2. The van der Waals surface area contributed by atoms with Crippen LogP contribution in [0, 0.1) is 0 Å². The van der Waals surface area contributed by atoms with Gasteiger partial charge in [-0.05, 0) is 25.0 Å². The fourth-order valence-corrected chi connectivity index (χ4v) is 4.05. The molecule has 1 aromatic rings. The van der Waals surface area contributed by atoms with E-state index in [1.165, 1.54) is 4.57 Å². The SMILES string of the molecule is CCSC1CCCC1n1c(O)c(CC)c(=O)[nH]c1=O. The number of aromatic hydroxyl groups is 1. The van der Waals surface area contributed by atoms with Crippen LogP contribution in [0.5, 0.6) is 5.88 Å². The molecule has 1 heterocycles. The highest BCUT2D eigenvalue weighted by Gasteiger charge is 2.32. The molecule has 6 heteroatoms. The summed E-state index contributed by atoms with van der Waals surface area (Å²) < 4.78 is 1.39. The predicted octanol–water partition coefficient (Wildman–Crippen LogP) is 1.65. The fourth-order valence-electron chi connectivity index (χ4n) is 2.81. The Bertz CT molecular complexity index is 564. The quantitative estimate of drug-likeness (QED) is 0.881. The van der Waals surface area contributed by atoms with Crippen molar-refractivity contribution in [1.82, 2.24) is 9.55 Å². The van der Waals surface area contributed by atoms with Crippen molar-refractivity contribution in [3.63, 3.8) is 0 Å². The Hall–Kier alpha value is -1.17. The van der Waals surface area contributed by atoms with E-state index in [1.54, 1.807) is 6.92 Å². The molecule has 106 valence electrons. The highest BCUT2D eigenvalue weighted by atomic mass is 32.2. The van der Waals surface area contributed by atoms with Gasteiger partial charge in [0.25, 0.3) is 5.56 Å². The van der Waals surface area contributed by atoms with Gasteiger partial charge < -0.3 is 5.11 Å². The molecular weight excluding hydrogens is 264 g/mol. The lowest BCUT2D eigenvalue weighted by Gasteiger charge is -2.22. The molecule has 2 unspecified atom stereocenters. The Morgan fingerprint density at radius 2 is 2.11 bits per heavy atom. The van der Waals surface area contributed by atoms with Crippen molar-refractivity contribution in [2.75, 3.05) is 5.75 Å². The molecular formula is C13H20N2O3S. The third-order valence-electron chi connectivity index (χ3n) is 3.70. The maximum atomic E-state index is 12.0. The van der Waals surface area contributed by atoms with Gasteiger partial charge in [-0.2, -0.15) is 11.8 Å². The van der Waals surface area contributed by atoms with Crippen LogP contribution in [-0.2, 0) is 6.42 Å². The molecule has 2 N–H and O–H groups in total. The highest BCUT2D eigenvalue weighted by Crippen LogP contribution is 2.39. The Balaban J connectivity index is 2.50. The summed E-state index contributed by atoms with van der Waals surface area (Å²) in [5.41, 5.74) is -0.668. The first-order chi connectivity index (χ1) is 9.10. The fraction of sp³-hybridized carbons (Fsp3) is 0.692. The van der Waals surface area contributed by atoms with Crippen LogP contribution < -0.4 is 11.2 Å². The van der Waals surface area contributed by atoms with Crippen molar-refractivity contribution in [2.24, 2.45) is 0 Å². The van der Waals surface area contributed by atoms with Crippen LogP contribution in [0.1, 0.15) is 44.7 Å².